The Morgan fingerprint density at radius 1 is 0.850 bits per heavy atom. The van der Waals surface area contributed by atoms with Crippen molar-refractivity contribution in [3.63, 3.8) is 0 Å². The van der Waals surface area contributed by atoms with Crippen LogP contribution in [-0.2, 0) is 9.59 Å². The summed E-state index contributed by atoms with van der Waals surface area (Å²) in [5.74, 6) is 1.84. The first-order valence-corrected chi connectivity index (χ1v) is 14.9. The van der Waals surface area contributed by atoms with Crippen molar-refractivity contribution in [2.24, 2.45) is 33.3 Å². The molecule has 0 aromatic heterocycles. The standard InChI is InChI=1S/C15H30N4O.C14H28N4O.CH4/c1-10(2)14(20)13(19(5)11(3)4)7-6-12-8-9-17-15(16)18-12;1-9(2)13(19)12(17-10(3)4)6-5-11-7-8-16-14(15)18-11;/h10-13H,6-9H2,1-5H3,(H3,16,17,18);9-12,17H,5-8H2,1-4H3,(H3,15,16,18);1H4/t12?,13-;11?,12-;/m11./s1. The quantitative estimate of drug-likeness (QED) is 0.215. The molecule has 2 unspecified atom stereocenters. The van der Waals surface area contributed by atoms with Crippen LogP contribution in [0.2, 0.25) is 0 Å². The van der Waals surface area contributed by atoms with E-state index < -0.39 is 0 Å². The molecule has 0 spiro atoms. The molecule has 2 rings (SSSR count). The van der Waals surface area contributed by atoms with Crippen LogP contribution in [-0.4, -0.2) is 84.8 Å². The number of nitrogens with one attached hydrogen (secondary N) is 3. The first-order valence-electron chi connectivity index (χ1n) is 14.9. The van der Waals surface area contributed by atoms with Crippen LogP contribution in [0, 0.1) is 11.8 Å². The Hall–Kier alpha value is -2.20. The molecular weight excluding hydrogens is 504 g/mol. The minimum absolute atomic E-state index is 0. The molecule has 2 aliphatic rings. The number of ketones is 2. The van der Waals surface area contributed by atoms with E-state index in [0.717, 1.165) is 51.6 Å². The molecule has 0 aromatic rings. The topological polar surface area (TPSA) is 150 Å². The molecule has 0 saturated heterocycles. The molecule has 2 heterocycles. The summed E-state index contributed by atoms with van der Waals surface area (Å²) >= 11 is 0. The summed E-state index contributed by atoms with van der Waals surface area (Å²) in [5, 5.41) is 9.76. The van der Waals surface area contributed by atoms with Crippen LogP contribution in [0.4, 0.5) is 0 Å². The summed E-state index contributed by atoms with van der Waals surface area (Å²) < 4.78 is 0. The van der Waals surface area contributed by atoms with E-state index >= 15 is 0 Å². The molecule has 10 heteroatoms. The van der Waals surface area contributed by atoms with Gasteiger partial charge in [0.1, 0.15) is 0 Å². The van der Waals surface area contributed by atoms with E-state index in [9.17, 15) is 9.59 Å². The summed E-state index contributed by atoms with van der Waals surface area (Å²) in [4.78, 5) is 35.0. The molecule has 0 amide bonds. The van der Waals surface area contributed by atoms with E-state index in [-0.39, 0.29) is 31.3 Å². The lowest BCUT2D eigenvalue weighted by molar-refractivity contribution is -0.127. The molecule has 0 bridgehead atoms. The Kier molecular flexibility index (Phi) is 18.0. The minimum atomic E-state index is -0.0538. The number of aliphatic imine (C=N–C) groups is 2. The lowest BCUT2D eigenvalue weighted by Crippen LogP contribution is -2.47. The van der Waals surface area contributed by atoms with Gasteiger partial charge in [0.25, 0.3) is 0 Å². The number of hydrogen-bond acceptors (Lipinski definition) is 10. The molecule has 0 fully saturated rings. The number of Topliss-reactive ketones (excluding diaryl/α,β-unsaturated/α-hetero) is 2. The molecule has 2 aliphatic heterocycles. The highest BCUT2D eigenvalue weighted by atomic mass is 16.1. The Morgan fingerprint density at radius 2 is 1.30 bits per heavy atom. The van der Waals surface area contributed by atoms with Gasteiger partial charge in [0.2, 0.25) is 0 Å². The van der Waals surface area contributed by atoms with Gasteiger partial charge in [0, 0.05) is 49.1 Å². The highest BCUT2D eigenvalue weighted by molar-refractivity contribution is 5.86. The molecule has 10 nitrogen and oxygen atoms in total. The van der Waals surface area contributed by atoms with Crippen LogP contribution in [0.5, 0.6) is 0 Å². The van der Waals surface area contributed by atoms with Gasteiger partial charge in [0.05, 0.1) is 12.1 Å². The second-order valence-electron chi connectivity index (χ2n) is 12.2. The largest absolute Gasteiger partial charge is 0.370 e. The highest BCUT2D eigenvalue weighted by Crippen LogP contribution is 2.17. The van der Waals surface area contributed by atoms with Crippen LogP contribution in [0.3, 0.4) is 0 Å². The third-order valence-electron chi connectivity index (χ3n) is 7.47. The normalized spacial score (nSPS) is 20.6. The van der Waals surface area contributed by atoms with Crippen molar-refractivity contribution in [3.05, 3.63) is 0 Å². The average Bonchev–Trinajstić information content (AvgIpc) is 2.86. The Labute approximate surface area is 245 Å². The van der Waals surface area contributed by atoms with E-state index in [2.05, 4.69) is 58.5 Å². The molecule has 0 aromatic carbocycles. The second kappa shape index (κ2) is 19.0. The van der Waals surface area contributed by atoms with Gasteiger partial charge < -0.3 is 27.4 Å². The molecule has 0 aliphatic carbocycles. The average molecular weight is 567 g/mol. The van der Waals surface area contributed by atoms with E-state index in [1.807, 2.05) is 34.7 Å². The predicted octanol–water partition coefficient (Wildman–Crippen LogP) is 3.05. The van der Waals surface area contributed by atoms with Crippen LogP contribution >= 0.6 is 0 Å². The predicted molar refractivity (Wildman–Crippen MR) is 170 cm³/mol. The van der Waals surface area contributed by atoms with Gasteiger partial charge in [-0.05, 0) is 59.4 Å². The number of rotatable bonds is 14. The summed E-state index contributed by atoms with van der Waals surface area (Å²) in [6.45, 7) is 17.8. The van der Waals surface area contributed by atoms with Gasteiger partial charge in [-0.2, -0.15) is 0 Å². The molecule has 234 valence electrons. The summed E-state index contributed by atoms with van der Waals surface area (Å²) in [7, 11) is 2.04. The Bertz CT molecular complexity index is 810. The van der Waals surface area contributed by atoms with E-state index in [0.29, 0.717) is 47.7 Å². The van der Waals surface area contributed by atoms with Crippen LogP contribution in [0.1, 0.15) is 101 Å². The van der Waals surface area contributed by atoms with Crippen molar-refractivity contribution in [2.75, 3.05) is 20.1 Å². The zero-order chi connectivity index (χ0) is 29.7. The fourth-order valence-corrected chi connectivity index (χ4v) is 4.90. The highest BCUT2D eigenvalue weighted by Gasteiger charge is 2.28. The van der Waals surface area contributed by atoms with Gasteiger partial charge in [-0.25, -0.2) is 0 Å². The van der Waals surface area contributed by atoms with Crippen molar-refractivity contribution >= 4 is 23.5 Å². The van der Waals surface area contributed by atoms with Crippen LogP contribution in [0.15, 0.2) is 9.98 Å². The van der Waals surface area contributed by atoms with Gasteiger partial charge in [-0.3, -0.25) is 24.5 Å². The number of likely N-dealkylation sites (N-methyl/N-ethyl adjacent to an activating group) is 1. The van der Waals surface area contributed by atoms with Gasteiger partial charge >= 0.3 is 0 Å². The Balaban J connectivity index is 0.000000743. The summed E-state index contributed by atoms with van der Waals surface area (Å²) in [5.41, 5.74) is 11.4. The third kappa shape index (κ3) is 13.9. The van der Waals surface area contributed by atoms with Crippen LogP contribution < -0.4 is 27.4 Å². The van der Waals surface area contributed by atoms with Gasteiger partial charge in [0.15, 0.2) is 23.5 Å². The lowest BCUT2D eigenvalue weighted by atomic mass is 9.93. The first-order chi connectivity index (χ1) is 18.2. The zero-order valence-electron chi connectivity index (χ0n) is 26.1. The van der Waals surface area contributed by atoms with Crippen molar-refractivity contribution in [1.82, 2.24) is 20.9 Å². The fourth-order valence-electron chi connectivity index (χ4n) is 4.90. The number of carbonyl (C=O) groups is 2. The van der Waals surface area contributed by atoms with E-state index in [1.165, 1.54) is 0 Å². The maximum Gasteiger partial charge on any atom is 0.188 e. The number of guanidine groups is 2. The molecule has 0 radical (unpaired) electrons. The van der Waals surface area contributed by atoms with E-state index in [4.69, 9.17) is 11.5 Å². The third-order valence-corrected chi connectivity index (χ3v) is 7.47. The summed E-state index contributed by atoms with van der Waals surface area (Å²) in [6.07, 6.45) is 5.60. The maximum atomic E-state index is 12.4. The molecule has 40 heavy (non-hydrogen) atoms. The van der Waals surface area contributed by atoms with Gasteiger partial charge in [-0.15, -0.1) is 0 Å². The van der Waals surface area contributed by atoms with Crippen molar-refractivity contribution < 1.29 is 9.59 Å². The summed E-state index contributed by atoms with van der Waals surface area (Å²) in [6, 6.07) is 1.32. The monoisotopic (exact) mass is 566 g/mol. The lowest BCUT2D eigenvalue weighted by Gasteiger charge is -2.33. The molecule has 4 atom stereocenters. The zero-order valence-corrected chi connectivity index (χ0v) is 26.1. The molecule has 7 N–H and O–H groups in total. The smallest absolute Gasteiger partial charge is 0.188 e. The van der Waals surface area contributed by atoms with Crippen molar-refractivity contribution in [1.29, 1.82) is 0 Å². The van der Waals surface area contributed by atoms with E-state index in [1.54, 1.807) is 0 Å². The number of nitrogens with zero attached hydrogens (tertiary/aromatic N) is 3. The van der Waals surface area contributed by atoms with Gasteiger partial charge in [-0.1, -0.05) is 49.0 Å². The number of carbonyl (C=O) groups excluding carboxylic acids is 2. The number of nitrogens with two attached hydrogens (primary N) is 2. The number of hydrogen-bond donors (Lipinski definition) is 5. The van der Waals surface area contributed by atoms with Crippen LogP contribution in [0.25, 0.3) is 0 Å². The SMILES string of the molecule is C.CC(C)C(=O)[C@@H](CCC1CCN=C(N)N1)N(C)C(C)C.CC(C)N[C@H](CCC1CCN=C(N)N1)C(=O)C(C)C. The minimum Gasteiger partial charge on any atom is -0.370 e. The van der Waals surface area contributed by atoms with Crippen molar-refractivity contribution in [2.45, 2.75) is 138 Å². The second-order valence-corrected chi connectivity index (χ2v) is 12.2. The fraction of sp³-hybridized carbons (Fsp3) is 0.867. The first kappa shape index (κ1) is 37.8. The molecular formula is C30H62N8O2. The maximum absolute atomic E-state index is 12.4. The van der Waals surface area contributed by atoms with Crippen molar-refractivity contribution in [3.8, 4) is 0 Å². The Morgan fingerprint density at radius 3 is 1.68 bits per heavy atom. The molecule has 0 saturated carbocycles.